The van der Waals surface area contributed by atoms with Crippen molar-refractivity contribution in [1.82, 2.24) is 4.57 Å². The van der Waals surface area contributed by atoms with Crippen LogP contribution < -0.4 is 11.1 Å². The van der Waals surface area contributed by atoms with Gasteiger partial charge in [0.15, 0.2) is 0 Å². The van der Waals surface area contributed by atoms with Crippen molar-refractivity contribution in [3.05, 3.63) is 89.1 Å². The van der Waals surface area contributed by atoms with Crippen molar-refractivity contribution in [3.8, 4) is 39.0 Å². The molecular weight excluding hydrogens is 635 g/mol. The van der Waals surface area contributed by atoms with Crippen molar-refractivity contribution in [2.24, 2.45) is 7.05 Å². The maximum absolute atomic E-state index is 13.5. The zero-order chi connectivity index (χ0) is 29.6. The lowest BCUT2D eigenvalue weighted by atomic mass is 10.2. The first-order chi connectivity index (χ1) is 20.0. The number of hydrogen-bond acceptors (Lipinski definition) is 8. The Labute approximate surface area is 267 Å². The first-order valence-electron chi connectivity index (χ1n) is 13.5. The molecule has 0 spiro atoms. The number of hydrogen-bond donors (Lipinski definition) is 0. The lowest BCUT2D eigenvalue weighted by Crippen LogP contribution is -2.26. The molecule has 212 valence electrons. The lowest BCUT2D eigenvalue weighted by molar-refractivity contribution is 0.846. The van der Waals surface area contributed by atoms with Crippen molar-refractivity contribution >= 4 is 88.2 Å². The summed E-state index contributed by atoms with van der Waals surface area (Å²) in [5.41, 5.74) is 4.55. The maximum atomic E-state index is 13.5. The van der Waals surface area contributed by atoms with E-state index in [2.05, 4.69) is 65.8 Å². The van der Waals surface area contributed by atoms with Gasteiger partial charge in [-0.1, -0.05) is 0 Å². The number of fused-ring (bicyclic) bond motifs is 3. The number of nitrogens with zero attached hydrogens (tertiary/aromatic N) is 1. The number of aryl methyl sites for hydroxylation is 6. The van der Waals surface area contributed by atoms with Gasteiger partial charge < -0.3 is 0 Å². The Morgan fingerprint density at radius 1 is 0.452 bits per heavy atom. The zero-order valence-corrected chi connectivity index (χ0v) is 29.1. The van der Waals surface area contributed by atoms with Gasteiger partial charge in [0.2, 0.25) is 0 Å². The molecule has 0 aliphatic carbocycles. The van der Waals surface area contributed by atoms with Crippen LogP contribution in [0.2, 0.25) is 0 Å². The molecule has 0 N–H and O–H groups in total. The molecule has 7 heterocycles. The highest BCUT2D eigenvalue weighted by Gasteiger charge is 2.21. The minimum absolute atomic E-state index is 0.236. The molecule has 0 aliphatic heterocycles. The van der Waals surface area contributed by atoms with Gasteiger partial charge in [0.1, 0.15) is 0 Å². The van der Waals surface area contributed by atoms with Crippen LogP contribution in [0, 0.1) is 41.5 Å². The second-order valence-corrected chi connectivity index (χ2v) is 17.6. The third kappa shape index (κ3) is 4.44. The third-order valence-electron chi connectivity index (χ3n) is 7.55. The second-order valence-electron chi connectivity index (χ2n) is 10.9. The summed E-state index contributed by atoms with van der Waals surface area (Å²) in [6.07, 6.45) is 0. The highest BCUT2D eigenvalue weighted by Crippen LogP contribution is 2.48. The molecule has 42 heavy (non-hydrogen) atoms. The Kier molecular flexibility index (Phi) is 6.84. The summed E-state index contributed by atoms with van der Waals surface area (Å²) in [6.45, 7) is 12.9. The van der Waals surface area contributed by atoms with Gasteiger partial charge in [-0.15, -0.1) is 68.0 Å². The monoisotopic (exact) mass is 661 g/mol. The lowest BCUT2D eigenvalue weighted by Gasteiger charge is -1.94. The van der Waals surface area contributed by atoms with E-state index in [0.717, 1.165) is 19.2 Å². The van der Waals surface area contributed by atoms with Crippen LogP contribution >= 0.6 is 68.0 Å². The summed E-state index contributed by atoms with van der Waals surface area (Å²) in [4.78, 5) is 39.4. The average Bonchev–Trinajstić information content (AvgIpc) is 3.76. The third-order valence-corrected chi connectivity index (χ3v) is 15.5. The molecule has 7 rings (SSSR count). The van der Waals surface area contributed by atoms with E-state index in [-0.39, 0.29) is 11.1 Å². The predicted octanol–water partition coefficient (Wildman–Crippen LogP) is 10.9. The van der Waals surface area contributed by atoms with E-state index in [0.29, 0.717) is 10.8 Å². The van der Waals surface area contributed by atoms with Gasteiger partial charge in [-0.25, -0.2) is 0 Å². The molecule has 0 atom stereocenters. The summed E-state index contributed by atoms with van der Waals surface area (Å²) in [5.74, 6) is 0. The average molecular weight is 662 g/mol. The molecule has 0 bridgehead atoms. The van der Waals surface area contributed by atoms with E-state index in [1.54, 1.807) is 52.4 Å². The van der Waals surface area contributed by atoms with Crippen molar-refractivity contribution in [2.75, 3.05) is 0 Å². The van der Waals surface area contributed by atoms with Crippen LogP contribution in [0.15, 0.2) is 46.0 Å². The number of aromatic nitrogens is 1. The summed E-state index contributed by atoms with van der Waals surface area (Å²) in [5, 5.41) is 1.23. The van der Waals surface area contributed by atoms with Gasteiger partial charge in [0.05, 0.1) is 20.2 Å². The smallest absolute Gasteiger partial charge is 0.262 e. The van der Waals surface area contributed by atoms with E-state index in [4.69, 9.17) is 0 Å². The SMILES string of the molecule is Cc1cc(C)c(-c2cc(C)c(-c3cc4c(=O)n(C)c(=O)c5cc(-c6sc(-c7sc(C)cc7C)cc6C)sc5c4s3)s2)s1. The van der Waals surface area contributed by atoms with E-state index in [9.17, 15) is 9.59 Å². The van der Waals surface area contributed by atoms with Gasteiger partial charge >= 0.3 is 0 Å². The molecule has 0 aliphatic rings. The van der Waals surface area contributed by atoms with Gasteiger partial charge in [-0.3, -0.25) is 14.2 Å². The van der Waals surface area contributed by atoms with Crippen LogP contribution in [0.3, 0.4) is 0 Å². The second kappa shape index (κ2) is 10.2. The molecule has 7 aromatic rings. The van der Waals surface area contributed by atoms with Gasteiger partial charge in [0, 0.05) is 55.8 Å². The fourth-order valence-electron chi connectivity index (χ4n) is 5.56. The molecule has 0 fully saturated rings. The van der Waals surface area contributed by atoms with Gasteiger partial charge in [-0.05, 0) is 100 Å². The summed E-state index contributed by atoms with van der Waals surface area (Å²) < 4.78 is 3.08. The van der Waals surface area contributed by atoms with Crippen LogP contribution in [-0.4, -0.2) is 4.57 Å². The number of thiophene rings is 6. The van der Waals surface area contributed by atoms with E-state index in [1.165, 1.54) is 65.8 Å². The Morgan fingerprint density at radius 3 is 1.14 bits per heavy atom. The molecule has 0 aromatic carbocycles. The molecule has 0 saturated heterocycles. The van der Waals surface area contributed by atoms with Crippen molar-refractivity contribution in [2.45, 2.75) is 41.5 Å². The van der Waals surface area contributed by atoms with Crippen LogP contribution in [0.1, 0.15) is 32.0 Å². The van der Waals surface area contributed by atoms with Gasteiger partial charge in [0.25, 0.3) is 11.1 Å². The van der Waals surface area contributed by atoms with Crippen molar-refractivity contribution < 1.29 is 0 Å². The zero-order valence-electron chi connectivity index (χ0n) is 24.2. The maximum Gasteiger partial charge on any atom is 0.262 e. The Bertz CT molecular complexity index is 2170. The van der Waals surface area contributed by atoms with Crippen LogP contribution in [0.5, 0.6) is 0 Å². The highest BCUT2D eigenvalue weighted by molar-refractivity contribution is 7.33. The standard InChI is InChI=1S/C33H27NO2S6/c1-14-8-18(5)37-26(14)22-10-16(3)28(39-22)24-12-20-30(41-24)31-21(33(36)34(7)32(20)35)13-25(42-31)29-17(4)11-23(40-29)27-15(2)9-19(6)38-27/h8-13H,1-7H3. The summed E-state index contributed by atoms with van der Waals surface area (Å²) in [7, 11) is 1.60. The fraction of sp³-hybridized carbons (Fsp3) is 0.212. The topological polar surface area (TPSA) is 39.1 Å². The van der Waals surface area contributed by atoms with Crippen LogP contribution in [0.25, 0.3) is 59.2 Å². The molecule has 0 radical (unpaired) electrons. The largest absolute Gasteiger partial charge is 0.277 e. The minimum atomic E-state index is -0.236. The van der Waals surface area contributed by atoms with E-state index < -0.39 is 0 Å². The predicted molar refractivity (Wildman–Crippen MR) is 190 cm³/mol. The highest BCUT2D eigenvalue weighted by atomic mass is 32.1. The van der Waals surface area contributed by atoms with Crippen LogP contribution in [-0.2, 0) is 7.05 Å². The Morgan fingerprint density at radius 2 is 0.786 bits per heavy atom. The fourth-order valence-corrected chi connectivity index (χ4v) is 13.1. The van der Waals surface area contributed by atoms with E-state index >= 15 is 0 Å². The normalized spacial score (nSPS) is 11.9. The Hall–Kier alpha value is -2.66. The molecule has 3 nitrogen and oxygen atoms in total. The van der Waals surface area contributed by atoms with Crippen molar-refractivity contribution in [3.63, 3.8) is 0 Å². The van der Waals surface area contributed by atoms with Gasteiger partial charge in [-0.2, -0.15) is 0 Å². The first-order valence-corrected chi connectivity index (χ1v) is 18.4. The quantitative estimate of drug-likeness (QED) is 0.188. The van der Waals surface area contributed by atoms with Crippen LogP contribution in [0.4, 0.5) is 0 Å². The number of rotatable bonds is 4. The molecular formula is C33H27NO2S6. The molecule has 7 aromatic heterocycles. The molecule has 0 amide bonds. The van der Waals surface area contributed by atoms with E-state index in [1.807, 2.05) is 34.8 Å². The molecule has 0 saturated carbocycles. The van der Waals surface area contributed by atoms with Crippen molar-refractivity contribution in [1.29, 1.82) is 0 Å². The minimum Gasteiger partial charge on any atom is -0.277 e. The molecule has 0 unspecified atom stereocenters. The first kappa shape index (κ1) is 28.1. The summed E-state index contributed by atoms with van der Waals surface area (Å²) in [6, 6.07) is 13.0. The molecule has 9 heteroatoms. The summed E-state index contributed by atoms with van der Waals surface area (Å²) >= 11 is 10.5. The Balaban J connectivity index is 1.42.